The number of hydrogen-bond donors (Lipinski definition) is 0. The number of rotatable bonds is 4. The highest BCUT2D eigenvalue weighted by atomic mass is 16.1. The molecule has 0 saturated heterocycles. The van der Waals surface area contributed by atoms with E-state index in [1.165, 1.54) is 5.57 Å². The number of hydrogen-bond acceptors (Lipinski definition) is 1. The van der Waals surface area contributed by atoms with E-state index in [1.54, 1.807) is 0 Å². The van der Waals surface area contributed by atoms with Crippen LogP contribution >= 0.6 is 0 Å². The molecule has 0 saturated carbocycles. The molecule has 0 N–H and O–H groups in total. The molecule has 0 aromatic heterocycles. The lowest BCUT2D eigenvalue weighted by atomic mass is 10.0. The van der Waals surface area contributed by atoms with E-state index in [0.29, 0.717) is 12.2 Å². The SMILES string of the molecule is C/C=C(\C)CCC(=O)C(C)C. The number of ketones is 1. The van der Waals surface area contributed by atoms with E-state index in [-0.39, 0.29) is 5.92 Å². The van der Waals surface area contributed by atoms with Crippen LogP contribution in [0.3, 0.4) is 0 Å². The molecule has 0 aliphatic rings. The molecule has 0 aromatic rings. The zero-order chi connectivity index (χ0) is 8.85. The first-order valence-corrected chi connectivity index (χ1v) is 4.22. The highest BCUT2D eigenvalue weighted by Crippen LogP contribution is 2.07. The third-order valence-corrected chi connectivity index (χ3v) is 1.90. The maximum atomic E-state index is 11.1. The lowest BCUT2D eigenvalue weighted by Crippen LogP contribution is -2.06. The summed E-state index contributed by atoms with van der Waals surface area (Å²) in [4.78, 5) is 11.1. The van der Waals surface area contributed by atoms with E-state index in [2.05, 4.69) is 13.0 Å². The molecule has 0 heterocycles. The smallest absolute Gasteiger partial charge is 0.135 e. The Balaban J connectivity index is 3.63. The largest absolute Gasteiger partial charge is 0.299 e. The number of carbonyl (C=O) groups excluding carboxylic acids is 1. The summed E-state index contributed by atoms with van der Waals surface area (Å²) in [5.41, 5.74) is 1.30. The molecule has 0 unspecified atom stereocenters. The van der Waals surface area contributed by atoms with Crippen molar-refractivity contribution in [3.63, 3.8) is 0 Å². The first-order valence-electron chi connectivity index (χ1n) is 4.22. The highest BCUT2D eigenvalue weighted by molar-refractivity contribution is 5.80. The molecule has 0 amide bonds. The van der Waals surface area contributed by atoms with Crippen molar-refractivity contribution >= 4 is 5.78 Å². The first-order chi connectivity index (χ1) is 5.07. The topological polar surface area (TPSA) is 17.1 Å². The van der Waals surface area contributed by atoms with Gasteiger partial charge in [0.25, 0.3) is 0 Å². The van der Waals surface area contributed by atoms with Gasteiger partial charge in [-0.25, -0.2) is 0 Å². The third-order valence-electron chi connectivity index (χ3n) is 1.90. The van der Waals surface area contributed by atoms with Crippen LogP contribution in [0.2, 0.25) is 0 Å². The van der Waals surface area contributed by atoms with Crippen LogP contribution in [0.5, 0.6) is 0 Å². The van der Waals surface area contributed by atoms with Crippen LogP contribution in [0.4, 0.5) is 0 Å². The van der Waals surface area contributed by atoms with Gasteiger partial charge in [-0.05, 0) is 20.3 Å². The number of carbonyl (C=O) groups is 1. The van der Waals surface area contributed by atoms with Crippen molar-refractivity contribution < 1.29 is 4.79 Å². The second-order valence-electron chi connectivity index (χ2n) is 3.26. The molecule has 64 valence electrons. The highest BCUT2D eigenvalue weighted by Gasteiger charge is 2.05. The Morgan fingerprint density at radius 1 is 1.36 bits per heavy atom. The van der Waals surface area contributed by atoms with Crippen molar-refractivity contribution in [3.8, 4) is 0 Å². The van der Waals surface area contributed by atoms with Crippen molar-refractivity contribution in [2.75, 3.05) is 0 Å². The Bertz CT molecular complexity index is 154. The van der Waals surface area contributed by atoms with Crippen molar-refractivity contribution in [2.45, 2.75) is 40.5 Å². The monoisotopic (exact) mass is 154 g/mol. The van der Waals surface area contributed by atoms with E-state index >= 15 is 0 Å². The molecule has 0 atom stereocenters. The third kappa shape index (κ3) is 4.77. The van der Waals surface area contributed by atoms with Crippen LogP contribution in [-0.2, 0) is 4.79 Å². The summed E-state index contributed by atoms with van der Waals surface area (Å²) in [6, 6.07) is 0. The van der Waals surface area contributed by atoms with Gasteiger partial charge in [-0.1, -0.05) is 25.5 Å². The summed E-state index contributed by atoms with van der Waals surface area (Å²) in [6.45, 7) is 7.98. The molecule has 0 rings (SSSR count). The minimum absolute atomic E-state index is 0.194. The zero-order valence-electron chi connectivity index (χ0n) is 7.98. The summed E-state index contributed by atoms with van der Waals surface area (Å²) in [7, 11) is 0. The fourth-order valence-corrected chi connectivity index (χ4v) is 0.753. The molecular weight excluding hydrogens is 136 g/mol. The molecule has 0 radical (unpaired) electrons. The minimum Gasteiger partial charge on any atom is -0.299 e. The van der Waals surface area contributed by atoms with Crippen molar-refractivity contribution in [1.29, 1.82) is 0 Å². The molecule has 1 heteroatoms. The quantitative estimate of drug-likeness (QED) is 0.569. The van der Waals surface area contributed by atoms with E-state index in [9.17, 15) is 4.79 Å². The molecule has 1 nitrogen and oxygen atoms in total. The van der Waals surface area contributed by atoms with Gasteiger partial charge in [0.1, 0.15) is 5.78 Å². The lowest BCUT2D eigenvalue weighted by Gasteiger charge is -2.03. The molecule has 11 heavy (non-hydrogen) atoms. The second kappa shape index (κ2) is 5.11. The van der Waals surface area contributed by atoms with Gasteiger partial charge < -0.3 is 0 Å². The normalized spacial score (nSPS) is 12.3. The Hall–Kier alpha value is -0.590. The fourth-order valence-electron chi connectivity index (χ4n) is 0.753. The van der Waals surface area contributed by atoms with Gasteiger partial charge in [0.15, 0.2) is 0 Å². The maximum Gasteiger partial charge on any atom is 0.135 e. The van der Waals surface area contributed by atoms with Gasteiger partial charge in [-0.3, -0.25) is 4.79 Å². The number of Topliss-reactive ketones (excluding diaryl/α,β-unsaturated/α-hetero) is 1. The predicted molar refractivity (Wildman–Crippen MR) is 48.5 cm³/mol. The Morgan fingerprint density at radius 3 is 2.27 bits per heavy atom. The number of allylic oxidation sites excluding steroid dienone is 2. The van der Waals surface area contributed by atoms with Gasteiger partial charge >= 0.3 is 0 Å². The Morgan fingerprint density at radius 2 is 1.91 bits per heavy atom. The zero-order valence-corrected chi connectivity index (χ0v) is 7.98. The summed E-state index contributed by atoms with van der Waals surface area (Å²) in [5, 5.41) is 0. The Labute approximate surface area is 69.5 Å². The van der Waals surface area contributed by atoms with Crippen LogP contribution < -0.4 is 0 Å². The standard InChI is InChI=1S/C10H18O/c1-5-9(4)6-7-10(11)8(2)3/h5,8H,6-7H2,1-4H3/b9-5+. The average molecular weight is 154 g/mol. The van der Waals surface area contributed by atoms with Crippen molar-refractivity contribution in [1.82, 2.24) is 0 Å². The lowest BCUT2D eigenvalue weighted by molar-refractivity contribution is -0.121. The van der Waals surface area contributed by atoms with Crippen molar-refractivity contribution in [3.05, 3.63) is 11.6 Å². The molecule has 0 aliphatic carbocycles. The maximum absolute atomic E-state index is 11.1. The summed E-state index contributed by atoms with van der Waals surface area (Å²) in [6.07, 6.45) is 3.69. The van der Waals surface area contributed by atoms with Crippen molar-refractivity contribution in [2.24, 2.45) is 5.92 Å². The summed E-state index contributed by atoms with van der Waals surface area (Å²) >= 11 is 0. The first kappa shape index (κ1) is 10.4. The average Bonchev–Trinajstić information content (AvgIpc) is 1.99. The van der Waals surface area contributed by atoms with Gasteiger partial charge in [-0.15, -0.1) is 0 Å². The van der Waals surface area contributed by atoms with Gasteiger partial charge in [0.2, 0.25) is 0 Å². The molecular formula is C10H18O. The van der Waals surface area contributed by atoms with Crippen LogP contribution in [0.15, 0.2) is 11.6 Å². The molecule has 0 fully saturated rings. The molecule has 0 aliphatic heterocycles. The van der Waals surface area contributed by atoms with Crippen LogP contribution in [-0.4, -0.2) is 5.78 Å². The van der Waals surface area contributed by atoms with Crippen LogP contribution in [0.25, 0.3) is 0 Å². The molecule has 0 aromatic carbocycles. The van der Waals surface area contributed by atoms with Gasteiger partial charge in [0, 0.05) is 12.3 Å². The van der Waals surface area contributed by atoms with E-state index < -0.39 is 0 Å². The Kier molecular flexibility index (Phi) is 4.84. The summed E-state index contributed by atoms with van der Waals surface area (Å²) < 4.78 is 0. The predicted octanol–water partition coefficient (Wildman–Crippen LogP) is 2.96. The van der Waals surface area contributed by atoms with E-state index in [1.807, 2.05) is 20.8 Å². The van der Waals surface area contributed by atoms with Gasteiger partial charge in [-0.2, -0.15) is 0 Å². The minimum atomic E-state index is 0.194. The molecule has 0 spiro atoms. The van der Waals surface area contributed by atoms with Gasteiger partial charge in [0.05, 0.1) is 0 Å². The van der Waals surface area contributed by atoms with E-state index in [0.717, 1.165) is 6.42 Å². The molecule has 0 bridgehead atoms. The summed E-state index contributed by atoms with van der Waals surface area (Å²) in [5.74, 6) is 0.561. The fraction of sp³-hybridized carbons (Fsp3) is 0.700. The van der Waals surface area contributed by atoms with E-state index in [4.69, 9.17) is 0 Å². The second-order valence-corrected chi connectivity index (χ2v) is 3.26. The van der Waals surface area contributed by atoms with Crippen LogP contribution in [0.1, 0.15) is 40.5 Å². The van der Waals surface area contributed by atoms with Crippen LogP contribution in [0, 0.1) is 5.92 Å².